The standard InChI is InChI=1S/C12H22INO4/c1-12(2,3)18-11(15)14-7-9(13)10(8-14)17-6-5-16-4/h9-10H,5-8H2,1-4H3. The smallest absolute Gasteiger partial charge is 0.410 e. The highest BCUT2D eigenvalue weighted by atomic mass is 127. The molecule has 18 heavy (non-hydrogen) atoms. The number of halogens is 1. The van der Waals surface area contributed by atoms with E-state index < -0.39 is 5.60 Å². The number of nitrogens with zero attached hydrogens (tertiary/aromatic N) is 1. The Morgan fingerprint density at radius 3 is 2.56 bits per heavy atom. The van der Waals surface area contributed by atoms with Crippen LogP contribution >= 0.6 is 22.6 Å². The molecule has 0 spiro atoms. The number of amides is 1. The lowest BCUT2D eigenvalue weighted by molar-refractivity contribution is 0.0119. The van der Waals surface area contributed by atoms with Crippen molar-refractivity contribution in [3.63, 3.8) is 0 Å². The van der Waals surface area contributed by atoms with Gasteiger partial charge in [-0.05, 0) is 20.8 Å². The zero-order valence-electron chi connectivity index (χ0n) is 11.4. The third kappa shape index (κ3) is 5.27. The number of alkyl halides is 1. The molecule has 0 aromatic carbocycles. The summed E-state index contributed by atoms with van der Waals surface area (Å²) in [5.74, 6) is 0. The van der Waals surface area contributed by atoms with Crippen LogP contribution in [0.2, 0.25) is 0 Å². The highest BCUT2D eigenvalue weighted by molar-refractivity contribution is 14.1. The first-order valence-electron chi connectivity index (χ1n) is 6.06. The largest absolute Gasteiger partial charge is 0.444 e. The van der Waals surface area contributed by atoms with E-state index in [0.29, 0.717) is 30.2 Å². The Hall–Kier alpha value is -0.0800. The van der Waals surface area contributed by atoms with E-state index >= 15 is 0 Å². The third-order valence-electron chi connectivity index (χ3n) is 2.47. The predicted octanol–water partition coefficient (Wildman–Crippen LogP) is 2.07. The number of methoxy groups -OCH3 is 1. The van der Waals surface area contributed by atoms with Crippen LogP contribution in [0, 0.1) is 0 Å². The molecule has 1 fully saturated rings. The molecule has 1 amide bonds. The molecule has 2 unspecified atom stereocenters. The van der Waals surface area contributed by atoms with Gasteiger partial charge >= 0.3 is 6.09 Å². The first-order valence-corrected chi connectivity index (χ1v) is 7.30. The van der Waals surface area contributed by atoms with Crippen molar-refractivity contribution in [1.29, 1.82) is 0 Å². The number of rotatable bonds is 4. The molecule has 1 heterocycles. The molecule has 0 aliphatic carbocycles. The summed E-state index contributed by atoms with van der Waals surface area (Å²) in [6.07, 6.45) is -0.199. The second-order valence-electron chi connectivity index (χ2n) is 5.30. The average Bonchev–Trinajstić information content (AvgIpc) is 2.58. The zero-order valence-corrected chi connectivity index (χ0v) is 13.6. The van der Waals surface area contributed by atoms with E-state index in [1.54, 1.807) is 12.0 Å². The number of carbonyl (C=O) groups excluding carboxylic acids is 1. The van der Waals surface area contributed by atoms with Gasteiger partial charge in [-0.1, -0.05) is 22.6 Å². The lowest BCUT2D eigenvalue weighted by Gasteiger charge is -2.24. The highest BCUT2D eigenvalue weighted by Crippen LogP contribution is 2.23. The summed E-state index contributed by atoms with van der Waals surface area (Å²) in [5, 5.41) is 0. The first-order chi connectivity index (χ1) is 8.33. The van der Waals surface area contributed by atoms with E-state index in [4.69, 9.17) is 14.2 Å². The second-order valence-corrected chi connectivity index (χ2v) is 6.90. The number of ether oxygens (including phenoxy) is 3. The molecule has 5 nitrogen and oxygen atoms in total. The molecule has 0 radical (unpaired) electrons. The quantitative estimate of drug-likeness (QED) is 0.431. The molecule has 2 atom stereocenters. The van der Waals surface area contributed by atoms with Crippen LogP contribution in [0.3, 0.4) is 0 Å². The minimum absolute atomic E-state index is 0.0632. The fourth-order valence-corrected chi connectivity index (χ4v) is 2.56. The van der Waals surface area contributed by atoms with Gasteiger partial charge in [0.1, 0.15) is 5.60 Å². The van der Waals surface area contributed by atoms with E-state index in [1.165, 1.54) is 0 Å². The fraction of sp³-hybridized carbons (Fsp3) is 0.917. The maximum atomic E-state index is 11.9. The van der Waals surface area contributed by atoms with Crippen molar-refractivity contribution in [2.24, 2.45) is 0 Å². The van der Waals surface area contributed by atoms with Gasteiger partial charge in [-0.2, -0.15) is 0 Å². The van der Waals surface area contributed by atoms with Gasteiger partial charge in [0.25, 0.3) is 0 Å². The van der Waals surface area contributed by atoms with Crippen LogP contribution in [0.15, 0.2) is 0 Å². The zero-order chi connectivity index (χ0) is 13.8. The molecule has 1 rings (SSSR count). The van der Waals surface area contributed by atoms with Crippen LogP contribution in [0.1, 0.15) is 20.8 Å². The second kappa shape index (κ2) is 6.91. The normalized spacial score (nSPS) is 24.4. The van der Waals surface area contributed by atoms with Gasteiger partial charge in [0.05, 0.1) is 29.8 Å². The Morgan fingerprint density at radius 2 is 2.00 bits per heavy atom. The lowest BCUT2D eigenvalue weighted by Crippen LogP contribution is -2.36. The lowest BCUT2D eigenvalue weighted by atomic mass is 10.2. The van der Waals surface area contributed by atoms with Gasteiger partial charge < -0.3 is 19.1 Å². The molecule has 0 bridgehead atoms. The van der Waals surface area contributed by atoms with Crippen molar-refractivity contribution < 1.29 is 19.0 Å². The Morgan fingerprint density at radius 1 is 1.33 bits per heavy atom. The summed E-state index contributed by atoms with van der Waals surface area (Å²) >= 11 is 2.32. The van der Waals surface area contributed by atoms with E-state index in [-0.39, 0.29) is 12.2 Å². The molecule has 1 saturated heterocycles. The van der Waals surface area contributed by atoms with Crippen molar-refractivity contribution >= 4 is 28.7 Å². The van der Waals surface area contributed by atoms with Crippen molar-refractivity contribution in [2.75, 3.05) is 33.4 Å². The molecular weight excluding hydrogens is 349 g/mol. The summed E-state index contributed by atoms with van der Waals surface area (Å²) < 4.78 is 16.3. The molecule has 106 valence electrons. The van der Waals surface area contributed by atoms with Crippen molar-refractivity contribution in [1.82, 2.24) is 4.90 Å². The third-order valence-corrected chi connectivity index (χ3v) is 3.67. The Labute approximate surface area is 122 Å². The Kier molecular flexibility index (Phi) is 6.13. The van der Waals surface area contributed by atoms with Gasteiger partial charge in [0, 0.05) is 13.7 Å². The topological polar surface area (TPSA) is 48.0 Å². The van der Waals surface area contributed by atoms with Crippen LogP contribution in [0.4, 0.5) is 4.79 Å². The summed E-state index contributed by atoms with van der Waals surface area (Å²) in [4.78, 5) is 13.6. The van der Waals surface area contributed by atoms with Crippen LogP contribution in [0.5, 0.6) is 0 Å². The Balaban J connectivity index is 2.40. The molecular formula is C12H22INO4. The highest BCUT2D eigenvalue weighted by Gasteiger charge is 2.36. The molecule has 6 heteroatoms. The number of carbonyl (C=O) groups is 1. The predicted molar refractivity (Wildman–Crippen MR) is 77.2 cm³/mol. The summed E-state index contributed by atoms with van der Waals surface area (Å²) in [6, 6.07) is 0. The molecule has 0 aromatic rings. The minimum atomic E-state index is -0.452. The van der Waals surface area contributed by atoms with Crippen LogP contribution in [-0.4, -0.2) is 60.0 Å². The average molecular weight is 371 g/mol. The van der Waals surface area contributed by atoms with Gasteiger partial charge in [-0.3, -0.25) is 0 Å². The monoisotopic (exact) mass is 371 g/mol. The molecule has 0 aromatic heterocycles. The SMILES string of the molecule is COCCOC1CN(C(=O)OC(C)(C)C)CC1I. The number of likely N-dealkylation sites (tertiary alicyclic amines) is 1. The maximum absolute atomic E-state index is 11.9. The Bertz CT molecular complexity index is 280. The van der Waals surface area contributed by atoms with Gasteiger partial charge in [0.2, 0.25) is 0 Å². The number of hydrogen-bond donors (Lipinski definition) is 0. The number of hydrogen-bond acceptors (Lipinski definition) is 4. The molecule has 0 saturated carbocycles. The summed E-state index contributed by atoms with van der Waals surface area (Å²) in [7, 11) is 1.65. The van der Waals surface area contributed by atoms with Crippen molar-refractivity contribution in [2.45, 2.75) is 36.4 Å². The van der Waals surface area contributed by atoms with Crippen molar-refractivity contribution in [3.8, 4) is 0 Å². The molecule has 1 aliphatic rings. The minimum Gasteiger partial charge on any atom is -0.444 e. The van der Waals surface area contributed by atoms with E-state index in [0.717, 1.165) is 0 Å². The van der Waals surface area contributed by atoms with E-state index in [1.807, 2.05) is 20.8 Å². The van der Waals surface area contributed by atoms with Gasteiger partial charge in [-0.25, -0.2) is 4.79 Å². The van der Waals surface area contributed by atoms with E-state index in [2.05, 4.69) is 22.6 Å². The van der Waals surface area contributed by atoms with Crippen LogP contribution in [0.25, 0.3) is 0 Å². The van der Waals surface area contributed by atoms with E-state index in [9.17, 15) is 4.79 Å². The van der Waals surface area contributed by atoms with Crippen LogP contribution in [-0.2, 0) is 14.2 Å². The van der Waals surface area contributed by atoms with Gasteiger partial charge in [0.15, 0.2) is 0 Å². The molecule has 0 N–H and O–H groups in total. The summed E-state index contributed by atoms with van der Waals surface area (Å²) in [5.41, 5.74) is -0.452. The van der Waals surface area contributed by atoms with Gasteiger partial charge in [-0.15, -0.1) is 0 Å². The van der Waals surface area contributed by atoms with Crippen molar-refractivity contribution in [3.05, 3.63) is 0 Å². The first kappa shape index (κ1) is 16.0. The van der Waals surface area contributed by atoms with Crippen LogP contribution < -0.4 is 0 Å². The maximum Gasteiger partial charge on any atom is 0.410 e. The summed E-state index contributed by atoms with van der Waals surface area (Å²) in [6.45, 7) is 8.01. The fourth-order valence-electron chi connectivity index (χ4n) is 1.65. The molecule has 1 aliphatic heterocycles.